The smallest absolute Gasteiger partial charge is 0.0360 e. The second-order valence-corrected chi connectivity index (χ2v) is 4.21. The summed E-state index contributed by atoms with van der Waals surface area (Å²) < 4.78 is 0. The lowest BCUT2D eigenvalue weighted by molar-refractivity contribution is 0.550. The fourth-order valence-electron chi connectivity index (χ4n) is 2.09. The zero-order chi connectivity index (χ0) is 11.9. The van der Waals surface area contributed by atoms with Crippen LogP contribution in [0.5, 0.6) is 0 Å². The van der Waals surface area contributed by atoms with Crippen molar-refractivity contribution in [3.05, 3.63) is 71.8 Å². The van der Waals surface area contributed by atoms with Crippen LogP contribution in [-0.4, -0.2) is 6.54 Å². The molecule has 0 unspecified atom stereocenters. The van der Waals surface area contributed by atoms with Gasteiger partial charge in [-0.1, -0.05) is 67.6 Å². The quantitative estimate of drug-likeness (QED) is 0.820. The highest BCUT2D eigenvalue weighted by Crippen LogP contribution is 2.17. The molecule has 0 aliphatic heterocycles. The second-order valence-electron chi connectivity index (χ2n) is 4.21. The lowest BCUT2D eigenvalue weighted by atomic mass is 9.99. The number of hydrogen-bond acceptors (Lipinski definition) is 1. The summed E-state index contributed by atoms with van der Waals surface area (Å²) >= 11 is 0. The lowest BCUT2D eigenvalue weighted by Gasteiger charge is -2.18. The van der Waals surface area contributed by atoms with Gasteiger partial charge in [0.25, 0.3) is 0 Å². The Morgan fingerprint density at radius 1 is 0.882 bits per heavy atom. The molecular formula is C16H19N. The number of hydrogen-bond donors (Lipinski definition) is 1. The molecule has 0 saturated carbocycles. The van der Waals surface area contributed by atoms with Crippen LogP contribution in [0.4, 0.5) is 0 Å². The van der Waals surface area contributed by atoms with Crippen LogP contribution in [0.15, 0.2) is 60.7 Å². The van der Waals surface area contributed by atoms with Crippen LogP contribution in [0.25, 0.3) is 0 Å². The average molecular weight is 225 g/mol. The van der Waals surface area contributed by atoms with Gasteiger partial charge in [0.1, 0.15) is 0 Å². The second kappa shape index (κ2) is 6.21. The predicted molar refractivity (Wildman–Crippen MR) is 73.0 cm³/mol. The van der Waals surface area contributed by atoms with Crippen molar-refractivity contribution in [2.45, 2.75) is 19.4 Å². The number of rotatable bonds is 5. The van der Waals surface area contributed by atoms with E-state index in [0.717, 1.165) is 13.0 Å². The van der Waals surface area contributed by atoms with E-state index in [4.69, 9.17) is 0 Å². The molecule has 0 bridgehead atoms. The summed E-state index contributed by atoms with van der Waals surface area (Å²) in [6, 6.07) is 21.7. The van der Waals surface area contributed by atoms with Crippen LogP contribution in [0.1, 0.15) is 24.1 Å². The molecule has 0 aliphatic rings. The van der Waals surface area contributed by atoms with Gasteiger partial charge in [-0.15, -0.1) is 0 Å². The lowest BCUT2D eigenvalue weighted by Crippen LogP contribution is -2.22. The monoisotopic (exact) mass is 225 g/mol. The van der Waals surface area contributed by atoms with Gasteiger partial charge in [-0.05, 0) is 24.1 Å². The van der Waals surface area contributed by atoms with Crippen molar-refractivity contribution in [3.8, 4) is 0 Å². The van der Waals surface area contributed by atoms with Gasteiger partial charge in [-0.2, -0.15) is 0 Å². The van der Waals surface area contributed by atoms with Crippen molar-refractivity contribution >= 4 is 0 Å². The van der Waals surface area contributed by atoms with E-state index < -0.39 is 0 Å². The molecule has 17 heavy (non-hydrogen) atoms. The van der Waals surface area contributed by atoms with E-state index in [2.05, 4.69) is 72.9 Å². The van der Waals surface area contributed by atoms with Crippen molar-refractivity contribution in [2.75, 3.05) is 6.54 Å². The van der Waals surface area contributed by atoms with Crippen LogP contribution in [0, 0.1) is 0 Å². The van der Waals surface area contributed by atoms with E-state index in [0.29, 0.717) is 6.04 Å². The van der Waals surface area contributed by atoms with E-state index in [-0.39, 0.29) is 0 Å². The van der Waals surface area contributed by atoms with E-state index in [9.17, 15) is 0 Å². The summed E-state index contributed by atoms with van der Waals surface area (Å²) in [6.07, 6.45) is 1.04. The first-order valence-electron chi connectivity index (χ1n) is 6.22. The van der Waals surface area contributed by atoms with Crippen LogP contribution in [0.2, 0.25) is 0 Å². The minimum Gasteiger partial charge on any atom is -0.310 e. The Balaban J connectivity index is 2.13. The van der Waals surface area contributed by atoms with Gasteiger partial charge in [0.05, 0.1) is 0 Å². The maximum atomic E-state index is 3.55. The Morgan fingerprint density at radius 3 is 2.06 bits per heavy atom. The number of likely N-dealkylation sites (N-methyl/N-ethyl adjacent to an activating group) is 1. The van der Waals surface area contributed by atoms with E-state index in [1.165, 1.54) is 11.1 Å². The summed E-state index contributed by atoms with van der Waals surface area (Å²) in [4.78, 5) is 0. The molecule has 1 N–H and O–H groups in total. The zero-order valence-corrected chi connectivity index (χ0v) is 10.3. The van der Waals surface area contributed by atoms with Gasteiger partial charge in [0, 0.05) is 6.04 Å². The average Bonchev–Trinajstić information content (AvgIpc) is 2.40. The topological polar surface area (TPSA) is 12.0 Å². The Bertz CT molecular complexity index is 422. The zero-order valence-electron chi connectivity index (χ0n) is 10.3. The third-order valence-corrected chi connectivity index (χ3v) is 2.94. The summed E-state index contributed by atoms with van der Waals surface area (Å²) in [5.41, 5.74) is 2.74. The van der Waals surface area contributed by atoms with Crippen molar-refractivity contribution < 1.29 is 0 Å². The molecule has 1 nitrogen and oxygen atoms in total. The molecular weight excluding hydrogens is 206 g/mol. The molecule has 1 atom stereocenters. The van der Waals surface area contributed by atoms with Gasteiger partial charge >= 0.3 is 0 Å². The van der Waals surface area contributed by atoms with E-state index in [1.807, 2.05) is 0 Å². The van der Waals surface area contributed by atoms with Crippen LogP contribution in [0.3, 0.4) is 0 Å². The van der Waals surface area contributed by atoms with Gasteiger partial charge < -0.3 is 5.32 Å². The van der Waals surface area contributed by atoms with E-state index >= 15 is 0 Å². The van der Waals surface area contributed by atoms with E-state index in [1.54, 1.807) is 0 Å². The molecule has 0 spiro atoms. The van der Waals surface area contributed by atoms with Crippen molar-refractivity contribution in [1.82, 2.24) is 5.32 Å². The molecule has 2 aromatic rings. The predicted octanol–water partition coefficient (Wildman–Crippen LogP) is 3.58. The first kappa shape index (κ1) is 11.9. The highest BCUT2D eigenvalue weighted by molar-refractivity contribution is 5.23. The minimum atomic E-state index is 0.406. The Kier molecular flexibility index (Phi) is 4.34. The van der Waals surface area contributed by atoms with Crippen LogP contribution in [-0.2, 0) is 6.42 Å². The number of nitrogens with one attached hydrogen (secondary N) is 1. The first-order chi connectivity index (χ1) is 8.40. The third kappa shape index (κ3) is 3.43. The highest BCUT2D eigenvalue weighted by Gasteiger charge is 2.09. The van der Waals surface area contributed by atoms with Gasteiger partial charge in [0.2, 0.25) is 0 Å². The summed E-state index contributed by atoms with van der Waals surface area (Å²) in [5, 5.41) is 3.55. The largest absolute Gasteiger partial charge is 0.310 e. The molecule has 0 amide bonds. The standard InChI is InChI=1S/C16H19N/c1-2-17-16(15-11-7-4-8-12-15)13-14-9-5-3-6-10-14/h3-12,16-17H,2,13H2,1H3/t16-/m1/s1. The normalized spacial score (nSPS) is 12.3. The van der Waals surface area contributed by atoms with Crippen LogP contribution < -0.4 is 5.32 Å². The first-order valence-corrected chi connectivity index (χ1v) is 6.22. The molecule has 0 fully saturated rings. The maximum Gasteiger partial charge on any atom is 0.0360 e. The van der Waals surface area contributed by atoms with Gasteiger partial charge in [-0.25, -0.2) is 0 Å². The fourth-order valence-corrected chi connectivity index (χ4v) is 2.09. The van der Waals surface area contributed by atoms with Gasteiger partial charge in [0.15, 0.2) is 0 Å². The van der Waals surface area contributed by atoms with Gasteiger partial charge in [-0.3, -0.25) is 0 Å². The highest BCUT2D eigenvalue weighted by atomic mass is 14.9. The number of benzene rings is 2. The molecule has 0 heterocycles. The van der Waals surface area contributed by atoms with Crippen LogP contribution >= 0.6 is 0 Å². The maximum absolute atomic E-state index is 3.55. The molecule has 1 heteroatoms. The molecule has 0 aliphatic carbocycles. The molecule has 2 aromatic carbocycles. The third-order valence-electron chi connectivity index (χ3n) is 2.94. The summed E-state index contributed by atoms with van der Waals surface area (Å²) in [5.74, 6) is 0. The SMILES string of the molecule is CCN[C@H](Cc1ccccc1)c1ccccc1. The molecule has 88 valence electrons. The molecule has 0 radical (unpaired) electrons. The van der Waals surface area contributed by atoms with Crippen molar-refractivity contribution in [3.63, 3.8) is 0 Å². The fraction of sp³-hybridized carbons (Fsp3) is 0.250. The summed E-state index contributed by atoms with van der Waals surface area (Å²) in [7, 11) is 0. The molecule has 0 aromatic heterocycles. The minimum absolute atomic E-state index is 0.406. The Hall–Kier alpha value is -1.60. The van der Waals surface area contributed by atoms with Crippen molar-refractivity contribution in [2.24, 2.45) is 0 Å². The molecule has 2 rings (SSSR count). The Labute approximate surface area is 103 Å². The van der Waals surface area contributed by atoms with Crippen molar-refractivity contribution in [1.29, 1.82) is 0 Å². The Morgan fingerprint density at radius 2 is 1.47 bits per heavy atom. The summed E-state index contributed by atoms with van der Waals surface area (Å²) in [6.45, 7) is 3.15. The molecule has 0 saturated heterocycles.